The fraction of sp³-hybridized carbons (Fsp3) is 0.583. The Bertz CT molecular complexity index is 413. The van der Waals surface area contributed by atoms with Gasteiger partial charge in [0.05, 0.1) is 23.8 Å². The topological polar surface area (TPSA) is 37.0 Å². The summed E-state index contributed by atoms with van der Waals surface area (Å²) in [5.41, 5.74) is -0.594. The van der Waals surface area contributed by atoms with E-state index in [9.17, 15) is 13.2 Å². The van der Waals surface area contributed by atoms with Crippen LogP contribution in [0, 0.1) is 0 Å². The zero-order valence-corrected chi connectivity index (χ0v) is 10.1. The summed E-state index contributed by atoms with van der Waals surface area (Å²) in [5, 5.41) is 5.65. The predicted molar refractivity (Wildman–Crippen MR) is 64.7 cm³/mol. The first-order chi connectivity index (χ1) is 8.47. The van der Waals surface area contributed by atoms with E-state index in [1.807, 2.05) is 6.92 Å². The lowest BCUT2D eigenvalue weighted by Crippen LogP contribution is -2.38. The second kappa shape index (κ2) is 4.66. The van der Waals surface area contributed by atoms with Gasteiger partial charge in [-0.15, -0.1) is 0 Å². The average Bonchev–Trinajstić information content (AvgIpc) is 3.07. The first kappa shape index (κ1) is 13.0. The summed E-state index contributed by atoms with van der Waals surface area (Å²) in [5.74, 6) is 0. The molecular weight excluding hydrogens is 243 g/mol. The standard InChI is InChI=1S/C12H16F3N3/c1-2-5-17-9-6-10(8-16-7-9)18-11(3-4-11)12(13,14)15/h6-8,17-18H,2-5H2,1H3. The van der Waals surface area contributed by atoms with Crippen LogP contribution in [0.5, 0.6) is 0 Å². The van der Waals surface area contributed by atoms with Crippen LogP contribution in [0.2, 0.25) is 0 Å². The zero-order chi connectivity index (χ0) is 13.2. The third-order valence-electron chi connectivity index (χ3n) is 2.99. The molecule has 0 aromatic carbocycles. The lowest BCUT2D eigenvalue weighted by molar-refractivity contribution is -0.151. The number of alkyl halides is 3. The van der Waals surface area contributed by atoms with Crippen molar-refractivity contribution in [1.82, 2.24) is 4.98 Å². The van der Waals surface area contributed by atoms with Crippen LogP contribution in [-0.4, -0.2) is 23.2 Å². The number of hydrogen-bond donors (Lipinski definition) is 2. The zero-order valence-electron chi connectivity index (χ0n) is 10.1. The van der Waals surface area contributed by atoms with Crippen molar-refractivity contribution < 1.29 is 13.2 Å². The molecule has 0 atom stereocenters. The Labute approximate surface area is 104 Å². The monoisotopic (exact) mass is 259 g/mol. The van der Waals surface area contributed by atoms with E-state index in [1.54, 1.807) is 12.3 Å². The predicted octanol–water partition coefficient (Wildman–Crippen LogP) is 3.41. The molecule has 1 fully saturated rings. The molecular formula is C12H16F3N3. The van der Waals surface area contributed by atoms with Gasteiger partial charge in [-0.3, -0.25) is 4.98 Å². The van der Waals surface area contributed by atoms with E-state index < -0.39 is 11.7 Å². The summed E-state index contributed by atoms with van der Waals surface area (Å²) in [6, 6.07) is 1.66. The van der Waals surface area contributed by atoms with Gasteiger partial charge in [-0.2, -0.15) is 13.2 Å². The molecule has 1 aromatic rings. The van der Waals surface area contributed by atoms with Crippen molar-refractivity contribution in [3.63, 3.8) is 0 Å². The number of anilines is 2. The van der Waals surface area contributed by atoms with Crippen molar-refractivity contribution in [3.05, 3.63) is 18.5 Å². The van der Waals surface area contributed by atoms with Crippen LogP contribution < -0.4 is 10.6 Å². The highest BCUT2D eigenvalue weighted by molar-refractivity contribution is 5.56. The Balaban J connectivity index is 2.06. The minimum absolute atomic E-state index is 0.128. The number of nitrogens with zero attached hydrogens (tertiary/aromatic N) is 1. The SMILES string of the molecule is CCCNc1cncc(NC2(C(F)(F)F)CC2)c1. The van der Waals surface area contributed by atoms with Crippen molar-refractivity contribution in [1.29, 1.82) is 0 Å². The molecule has 1 heterocycles. The van der Waals surface area contributed by atoms with Gasteiger partial charge < -0.3 is 10.6 Å². The number of nitrogens with one attached hydrogen (secondary N) is 2. The van der Waals surface area contributed by atoms with E-state index in [1.165, 1.54) is 6.20 Å². The van der Waals surface area contributed by atoms with Crippen LogP contribution >= 0.6 is 0 Å². The van der Waals surface area contributed by atoms with Gasteiger partial charge in [0.25, 0.3) is 0 Å². The summed E-state index contributed by atoms with van der Waals surface area (Å²) in [7, 11) is 0. The Morgan fingerprint density at radius 2 is 1.94 bits per heavy atom. The molecule has 0 spiro atoms. The number of aromatic nitrogens is 1. The van der Waals surface area contributed by atoms with Crippen LogP contribution in [0.4, 0.5) is 24.5 Å². The van der Waals surface area contributed by atoms with Crippen molar-refractivity contribution >= 4 is 11.4 Å². The first-order valence-corrected chi connectivity index (χ1v) is 6.01. The summed E-state index contributed by atoms with van der Waals surface area (Å²) in [6.45, 7) is 2.79. The molecule has 2 rings (SSSR count). The van der Waals surface area contributed by atoms with Gasteiger partial charge in [0.2, 0.25) is 0 Å². The lowest BCUT2D eigenvalue weighted by atomic mass is 10.2. The van der Waals surface area contributed by atoms with Crippen LogP contribution in [0.1, 0.15) is 26.2 Å². The molecule has 0 unspecified atom stereocenters. The van der Waals surface area contributed by atoms with E-state index in [-0.39, 0.29) is 12.8 Å². The summed E-state index contributed by atoms with van der Waals surface area (Å²) < 4.78 is 38.4. The maximum Gasteiger partial charge on any atom is 0.411 e. The fourth-order valence-corrected chi connectivity index (χ4v) is 1.75. The van der Waals surface area contributed by atoms with Gasteiger partial charge >= 0.3 is 6.18 Å². The molecule has 0 aliphatic heterocycles. The molecule has 1 aliphatic carbocycles. The highest BCUT2D eigenvalue weighted by Crippen LogP contribution is 2.51. The van der Waals surface area contributed by atoms with Crippen LogP contribution in [0.3, 0.4) is 0 Å². The van der Waals surface area contributed by atoms with Gasteiger partial charge in [0, 0.05) is 6.54 Å². The van der Waals surface area contributed by atoms with Gasteiger partial charge in [0.15, 0.2) is 0 Å². The highest BCUT2D eigenvalue weighted by Gasteiger charge is 2.63. The van der Waals surface area contributed by atoms with Crippen molar-refractivity contribution in [2.45, 2.75) is 37.9 Å². The van der Waals surface area contributed by atoms with Crippen molar-refractivity contribution in [3.8, 4) is 0 Å². The molecule has 1 aromatic heterocycles. The molecule has 0 saturated heterocycles. The maximum absolute atomic E-state index is 12.8. The molecule has 0 amide bonds. The Morgan fingerprint density at radius 1 is 1.28 bits per heavy atom. The van der Waals surface area contributed by atoms with Crippen molar-refractivity contribution in [2.75, 3.05) is 17.2 Å². The average molecular weight is 259 g/mol. The van der Waals surface area contributed by atoms with Crippen LogP contribution in [0.25, 0.3) is 0 Å². The van der Waals surface area contributed by atoms with E-state index in [2.05, 4.69) is 15.6 Å². The normalized spacial score (nSPS) is 17.3. The Hall–Kier alpha value is -1.46. The third kappa shape index (κ3) is 2.68. The number of hydrogen-bond acceptors (Lipinski definition) is 3. The van der Waals surface area contributed by atoms with E-state index in [0.29, 0.717) is 5.69 Å². The smallest absolute Gasteiger partial charge is 0.384 e. The molecule has 1 aliphatic rings. The van der Waals surface area contributed by atoms with Crippen molar-refractivity contribution in [2.24, 2.45) is 0 Å². The van der Waals surface area contributed by atoms with Gasteiger partial charge in [-0.05, 0) is 25.3 Å². The molecule has 6 heteroatoms. The summed E-state index contributed by atoms with van der Waals surface area (Å²) in [4.78, 5) is 3.94. The number of rotatable bonds is 5. The second-order valence-electron chi connectivity index (χ2n) is 4.59. The molecule has 1 saturated carbocycles. The molecule has 18 heavy (non-hydrogen) atoms. The van der Waals surface area contributed by atoms with E-state index >= 15 is 0 Å². The third-order valence-corrected chi connectivity index (χ3v) is 2.99. The first-order valence-electron chi connectivity index (χ1n) is 6.01. The van der Waals surface area contributed by atoms with Crippen LogP contribution in [0.15, 0.2) is 18.5 Å². The van der Waals surface area contributed by atoms with Gasteiger partial charge in [-0.25, -0.2) is 0 Å². The highest BCUT2D eigenvalue weighted by atomic mass is 19.4. The minimum atomic E-state index is -4.21. The number of pyridine rings is 1. The molecule has 0 radical (unpaired) electrons. The Morgan fingerprint density at radius 3 is 2.50 bits per heavy atom. The fourth-order valence-electron chi connectivity index (χ4n) is 1.75. The second-order valence-corrected chi connectivity index (χ2v) is 4.59. The number of halogens is 3. The molecule has 0 bridgehead atoms. The van der Waals surface area contributed by atoms with Crippen LogP contribution in [-0.2, 0) is 0 Å². The quantitative estimate of drug-likeness (QED) is 0.850. The lowest BCUT2D eigenvalue weighted by Gasteiger charge is -2.22. The maximum atomic E-state index is 12.8. The minimum Gasteiger partial charge on any atom is -0.384 e. The molecule has 3 nitrogen and oxygen atoms in total. The summed E-state index contributed by atoms with van der Waals surface area (Å²) >= 11 is 0. The molecule has 2 N–H and O–H groups in total. The van der Waals surface area contributed by atoms with E-state index in [0.717, 1.165) is 18.7 Å². The summed E-state index contributed by atoms with van der Waals surface area (Å²) in [6.07, 6.45) is 0.0210. The van der Waals surface area contributed by atoms with Gasteiger partial charge in [0.1, 0.15) is 5.54 Å². The van der Waals surface area contributed by atoms with E-state index in [4.69, 9.17) is 0 Å². The Kier molecular flexibility index (Phi) is 3.36. The molecule has 100 valence electrons. The van der Waals surface area contributed by atoms with Gasteiger partial charge in [-0.1, -0.05) is 6.92 Å². The largest absolute Gasteiger partial charge is 0.411 e.